The molecule has 2 fully saturated rings. The minimum absolute atomic E-state index is 0.440. The van der Waals surface area contributed by atoms with Crippen LogP contribution in [0, 0.1) is 29.1 Å². The van der Waals surface area contributed by atoms with Crippen molar-refractivity contribution in [2.75, 3.05) is 0 Å². The largest absolute Gasteiger partial charge is 0.309 e. The van der Waals surface area contributed by atoms with Gasteiger partial charge in [-0.15, -0.1) is 12.3 Å². The maximum absolute atomic E-state index is 5.47. The fourth-order valence-corrected chi connectivity index (χ4v) is 4.42. The van der Waals surface area contributed by atoms with Gasteiger partial charge >= 0.3 is 0 Å². The van der Waals surface area contributed by atoms with Crippen LogP contribution in [0.15, 0.2) is 0 Å². The van der Waals surface area contributed by atoms with Crippen molar-refractivity contribution < 1.29 is 0 Å². The van der Waals surface area contributed by atoms with Crippen LogP contribution in [-0.2, 0) is 0 Å². The first kappa shape index (κ1) is 13.0. The van der Waals surface area contributed by atoms with E-state index >= 15 is 0 Å². The predicted molar refractivity (Wildman–Crippen MR) is 73.7 cm³/mol. The summed E-state index contributed by atoms with van der Waals surface area (Å²) in [5, 5.41) is 3.89. The number of hydrogen-bond acceptors (Lipinski definition) is 1. The van der Waals surface area contributed by atoms with Gasteiger partial charge in [-0.05, 0) is 42.4 Å². The molecule has 0 radical (unpaired) electrons. The molecule has 2 bridgehead atoms. The summed E-state index contributed by atoms with van der Waals surface area (Å²) in [4.78, 5) is 0. The average Bonchev–Trinajstić information content (AvgIpc) is 2.74. The standard InChI is InChI=1S/C16H27N/c1-6-8-13(7-2)17-14-15(3,4)12-9-10-16(14,5)11-12/h1,12-14,17H,7-11H2,2-5H3/t12-,13?,14?,16+/m0/s1. The zero-order valence-corrected chi connectivity index (χ0v) is 11.8. The molecule has 0 aromatic heterocycles. The van der Waals surface area contributed by atoms with Crippen LogP contribution < -0.4 is 5.32 Å². The molecule has 2 aliphatic carbocycles. The molecule has 0 aromatic carbocycles. The van der Waals surface area contributed by atoms with Gasteiger partial charge in [0, 0.05) is 18.5 Å². The van der Waals surface area contributed by atoms with Crippen LogP contribution in [0.5, 0.6) is 0 Å². The third-order valence-corrected chi connectivity index (χ3v) is 5.53. The van der Waals surface area contributed by atoms with Gasteiger partial charge < -0.3 is 5.32 Å². The van der Waals surface area contributed by atoms with E-state index in [0.29, 0.717) is 22.9 Å². The summed E-state index contributed by atoms with van der Waals surface area (Å²) < 4.78 is 0. The molecule has 17 heavy (non-hydrogen) atoms. The monoisotopic (exact) mass is 233 g/mol. The Morgan fingerprint density at radius 2 is 2.12 bits per heavy atom. The highest BCUT2D eigenvalue weighted by Crippen LogP contribution is 2.62. The molecule has 2 saturated carbocycles. The van der Waals surface area contributed by atoms with Crippen molar-refractivity contribution in [3.05, 3.63) is 0 Å². The molecule has 0 saturated heterocycles. The van der Waals surface area contributed by atoms with E-state index in [0.717, 1.165) is 18.8 Å². The van der Waals surface area contributed by atoms with Crippen molar-refractivity contribution in [3.8, 4) is 12.3 Å². The summed E-state index contributed by atoms with van der Waals surface area (Å²) in [5.41, 5.74) is 0.950. The van der Waals surface area contributed by atoms with Crippen LogP contribution in [0.3, 0.4) is 0 Å². The highest BCUT2D eigenvalue weighted by atomic mass is 15.0. The van der Waals surface area contributed by atoms with E-state index in [4.69, 9.17) is 6.42 Å². The number of nitrogens with one attached hydrogen (secondary N) is 1. The second-order valence-electron chi connectivity index (χ2n) is 7.03. The molecule has 0 amide bonds. The van der Waals surface area contributed by atoms with Crippen LogP contribution in [0.25, 0.3) is 0 Å². The Bertz CT molecular complexity index is 320. The topological polar surface area (TPSA) is 12.0 Å². The first-order valence-electron chi connectivity index (χ1n) is 7.13. The Balaban J connectivity index is 2.12. The molecule has 2 unspecified atom stereocenters. The lowest BCUT2D eigenvalue weighted by Gasteiger charge is -2.45. The number of fused-ring (bicyclic) bond motifs is 2. The summed E-state index contributed by atoms with van der Waals surface area (Å²) in [6, 6.07) is 1.15. The first-order valence-corrected chi connectivity index (χ1v) is 7.13. The van der Waals surface area contributed by atoms with E-state index in [1.165, 1.54) is 19.3 Å². The molecular formula is C16H27N. The fourth-order valence-electron chi connectivity index (χ4n) is 4.42. The molecule has 0 spiro atoms. The lowest BCUT2D eigenvalue weighted by Crippen LogP contribution is -2.53. The minimum Gasteiger partial charge on any atom is -0.309 e. The Morgan fingerprint density at radius 1 is 1.41 bits per heavy atom. The van der Waals surface area contributed by atoms with Gasteiger partial charge in [-0.3, -0.25) is 0 Å². The number of rotatable bonds is 4. The normalized spacial score (nSPS) is 40.2. The Labute approximate surface area is 107 Å². The average molecular weight is 233 g/mol. The number of terminal acetylenes is 1. The lowest BCUT2D eigenvalue weighted by molar-refractivity contribution is 0.0981. The van der Waals surface area contributed by atoms with E-state index in [-0.39, 0.29) is 0 Å². The summed E-state index contributed by atoms with van der Waals surface area (Å²) >= 11 is 0. The highest BCUT2D eigenvalue weighted by molar-refractivity contribution is 5.12. The summed E-state index contributed by atoms with van der Waals surface area (Å²) in [7, 11) is 0. The predicted octanol–water partition coefficient (Wildman–Crippen LogP) is 3.59. The summed E-state index contributed by atoms with van der Waals surface area (Å²) in [5.74, 6) is 3.72. The van der Waals surface area contributed by atoms with E-state index in [2.05, 4.69) is 38.9 Å². The SMILES string of the molecule is C#CCC(CC)NC1C(C)(C)[C@H]2CC[C@]1(C)C2. The molecule has 1 nitrogen and oxygen atoms in total. The van der Waals surface area contributed by atoms with Gasteiger partial charge in [0.25, 0.3) is 0 Å². The van der Waals surface area contributed by atoms with Gasteiger partial charge in [0.1, 0.15) is 0 Å². The quantitative estimate of drug-likeness (QED) is 0.732. The molecule has 0 aromatic rings. The molecule has 0 aliphatic heterocycles. The Kier molecular flexibility index (Phi) is 3.29. The molecule has 1 heteroatoms. The van der Waals surface area contributed by atoms with Crippen LogP contribution in [0.2, 0.25) is 0 Å². The summed E-state index contributed by atoms with van der Waals surface area (Å²) in [6.45, 7) is 9.60. The molecule has 96 valence electrons. The van der Waals surface area contributed by atoms with Crippen molar-refractivity contribution in [2.24, 2.45) is 16.7 Å². The van der Waals surface area contributed by atoms with Gasteiger partial charge in [-0.1, -0.05) is 27.7 Å². The van der Waals surface area contributed by atoms with E-state index in [9.17, 15) is 0 Å². The summed E-state index contributed by atoms with van der Waals surface area (Å²) in [6.07, 6.45) is 11.7. The van der Waals surface area contributed by atoms with Gasteiger partial charge in [-0.25, -0.2) is 0 Å². The minimum atomic E-state index is 0.440. The van der Waals surface area contributed by atoms with E-state index in [1.54, 1.807) is 0 Å². The maximum atomic E-state index is 5.47. The van der Waals surface area contributed by atoms with Crippen molar-refractivity contribution >= 4 is 0 Å². The Hall–Kier alpha value is -0.480. The van der Waals surface area contributed by atoms with Gasteiger partial charge in [0.15, 0.2) is 0 Å². The van der Waals surface area contributed by atoms with Gasteiger partial charge in [-0.2, -0.15) is 0 Å². The van der Waals surface area contributed by atoms with Crippen LogP contribution in [0.1, 0.15) is 59.8 Å². The fraction of sp³-hybridized carbons (Fsp3) is 0.875. The van der Waals surface area contributed by atoms with E-state index in [1.807, 2.05) is 0 Å². The molecular weight excluding hydrogens is 206 g/mol. The Morgan fingerprint density at radius 3 is 2.59 bits per heavy atom. The zero-order chi connectivity index (χ0) is 12.7. The maximum Gasteiger partial charge on any atom is 0.0240 e. The molecule has 0 heterocycles. The molecule has 4 atom stereocenters. The molecule has 2 rings (SSSR count). The van der Waals surface area contributed by atoms with Crippen molar-refractivity contribution in [2.45, 2.75) is 71.9 Å². The van der Waals surface area contributed by atoms with E-state index < -0.39 is 0 Å². The van der Waals surface area contributed by atoms with Crippen molar-refractivity contribution in [3.63, 3.8) is 0 Å². The highest BCUT2D eigenvalue weighted by Gasteiger charge is 2.59. The van der Waals surface area contributed by atoms with Gasteiger partial charge in [0.2, 0.25) is 0 Å². The first-order chi connectivity index (χ1) is 7.94. The number of hydrogen-bond donors (Lipinski definition) is 1. The zero-order valence-electron chi connectivity index (χ0n) is 11.8. The van der Waals surface area contributed by atoms with Crippen LogP contribution in [0.4, 0.5) is 0 Å². The van der Waals surface area contributed by atoms with Crippen LogP contribution >= 0.6 is 0 Å². The van der Waals surface area contributed by atoms with Crippen molar-refractivity contribution in [1.29, 1.82) is 0 Å². The van der Waals surface area contributed by atoms with Gasteiger partial charge in [0.05, 0.1) is 0 Å². The third-order valence-electron chi connectivity index (χ3n) is 5.53. The molecule has 2 aliphatic rings. The third kappa shape index (κ3) is 2.02. The second kappa shape index (κ2) is 4.32. The lowest BCUT2D eigenvalue weighted by atomic mass is 9.68. The molecule has 1 N–H and O–H groups in total. The second-order valence-corrected chi connectivity index (χ2v) is 7.03. The van der Waals surface area contributed by atoms with Crippen LogP contribution in [-0.4, -0.2) is 12.1 Å². The van der Waals surface area contributed by atoms with Crippen molar-refractivity contribution in [1.82, 2.24) is 5.32 Å². The smallest absolute Gasteiger partial charge is 0.0240 e.